The molecule has 1 atom stereocenters. The van der Waals surface area contributed by atoms with Gasteiger partial charge < -0.3 is 24.9 Å². The van der Waals surface area contributed by atoms with Crippen molar-refractivity contribution in [2.75, 3.05) is 83.4 Å². The number of hydrogen-bond donors (Lipinski definition) is 1. The number of aliphatic imine (C=N–C) groups is 1. The lowest BCUT2D eigenvalue weighted by Gasteiger charge is -2.37. The van der Waals surface area contributed by atoms with Crippen LogP contribution in [0.3, 0.4) is 0 Å². The first-order valence-electron chi connectivity index (χ1n) is 11.0. The molecule has 1 unspecified atom stereocenters. The van der Waals surface area contributed by atoms with Crippen LogP contribution in [-0.2, 0) is 0 Å². The van der Waals surface area contributed by atoms with E-state index in [0.29, 0.717) is 5.92 Å². The Bertz CT molecular complexity index is 574. The number of hydrogen-bond acceptors (Lipinski definition) is 5. The minimum Gasteiger partial charge on any atom is -0.360 e. The van der Waals surface area contributed by atoms with E-state index in [-0.39, 0.29) is 0 Å². The van der Waals surface area contributed by atoms with E-state index in [9.17, 15) is 0 Å². The second-order valence-electron chi connectivity index (χ2n) is 7.96. The van der Waals surface area contributed by atoms with Gasteiger partial charge in [-0.25, -0.2) is 0 Å². The molecule has 0 bridgehead atoms. The third-order valence-corrected chi connectivity index (χ3v) is 6.70. The SMILES string of the molecule is CCNC(=NCC(C)CN1CCN(CC)CC1)N1CCN(c2cccs2)CC1. The summed E-state index contributed by atoms with van der Waals surface area (Å²) in [7, 11) is 0. The van der Waals surface area contributed by atoms with E-state index in [1.807, 2.05) is 11.3 Å². The largest absolute Gasteiger partial charge is 0.360 e. The van der Waals surface area contributed by atoms with Gasteiger partial charge in [0.15, 0.2) is 5.96 Å². The normalized spacial score (nSPS) is 21.2. The first kappa shape index (κ1) is 21.4. The molecule has 0 radical (unpaired) electrons. The van der Waals surface area contributed by atoms with Crippen LogP contribution in [0.5, 0.6) is 0 Å². The maximum atomic E-state index is 5.00. The van der Waals surface area contributed by atoms with Gasteiger partial charge in [-0.15, -0.1) is 11.3 Å². The van der Waals surface area contributed by atoms with E-state index in [4.69, 9.17) is 4.99 Å². The highest BCUT2D eigenvalue weighted by Gasteiger charge is 2.21. The van der Waals surface area contributed by atoms with Crippen molar-refractivity contribution in [2.45, 2.75) is 20.8 Å². The third-order valence-electron chi connectivity index (χ3n) is 5.77. The lowest BCUT2D eigenvalue weighted by atomic mass is 10.1. The molecular formula is C21H38N6S. The van der Waals surface area contributed by atoms with Crippen molar-refractivity contribution in [3.63, 3.8) is 0 Å². The molecule has 2 aliphatic rings. The summed E-state index contributed by atoms with van der Waals surface area (Å²) in [5, 5.41) is 7.06. The van der Waals surface area contributed by atoms with Gasteiger partial charge in [-0.3, -0.25) is 4.99 Å². The van der Waals surface area contributed by atoms with E-state index in [1.54, 1.807) is 0 Å². The Labute approximate surface area is 175 Å². The monoisotopic (exact) mass is 406 g/mol. The molecule has 28 heavy (non-hydrogen) atoms. The van der Waals surface area contributed by atoms with Gasteiger partial charge in [0.2, 0.25) is 0 Å². The molecule has 3 heterocycles. The highest BCUT2D eigenvalue weighted by atomic mass is 32.1. The zero-order valence-electron chi connectivity index (χ0n) is 17.9. The summed E-state index contributed by atoms with van der Waals surface area (Å²) in [6.45, 7) is 20.0. The number of nitrogens with zero attached hydrogens (tertiary/aromatic N) is 5. The van der Waals surface area contributed by atoms with E-state index in [1.165, 1.54) is 37.7 Å². The van der Waals surface area contributed by atoms with Crippen LogP contribution in [0.25, 0.3) is 0 Å². The quantitative estimate of drug-likeness (QED) is 0.555. The van der Waals surface area contributed by atoms with Gasteiger partial charge in [0.25, 0.3) is 0 Å². The lowest BCUT2D eigenvalue weighted by molar-refractivity contribution is 0.125. The smallest absolute Gasteiger partial charge is 0.194 e. The lowest BCUT2D eigenvalue weighted by Crippen LogP contribution is -2.52. The van der Waals surface area contributed by atoms with Gasteiger partial charge in [0, 0.05) is 72.0 Å². The van der Waals surface area contributed by atoms with Crippen LogP contribution >= 0.6 is 11.3 Å². The van der Waals surface area contributed by atoms with E-state index in [0.717, 1.165) is 51.8 Å². The predicted octanol–water partition coefficient (Wildman–Crippen LogP) is 2.11. The van der Waals surface area contributed by atoms with Crippen LogP contribution in [0.1, 0.15) is 20.8 Å². The van der Waals surface area contributed by atoms with E-state index < -0.39 is 0 Å². The highest BCUT2D eigenvalue weighted by molar-refractivity contribution is 7.14. The molecule has 6 nitrogen and oxygen atoms in total. The maximum Gasteiger partial charge on any atom is 0.194 e. The van der Waals surface area contributed by atoms with E-state index >= 15 is 0 Å². The Kier molecular flexibility index (Phi) is 8.43. The molecule has 1 N–H and O–H groups in total. The topological polar surface area (TPSA) is 37.4 Å². The van der Waals surface area contributed by atoms with Gasteiger partial charge in [-0.2, -0.15) is 0 Å². The molecule has 2 aliphatic heterocycles. The van der Waals surface area contributed by atoms with Crippen molar-refractivity contribution in [3.05, 3.63) is 17.5 Å². The molecular weight excluding hydrogens is 368 g/mol. The minimum atomic E-state index is 0.592. The molecule has 2 saturated heterocycles. The fourth-order valence-corrected chi connectivity index (χ4v) is 4.83. The van der Waals surface area contributed by atoms with Gasteiger partial charge >= 0.3 is 0 Å². The highest BCUT2D eigenvalue weighted by Crippen LogP contribution is 2.22. The molecule has 2 fully saturated rings. The fourth-order valence-electron chi connectivity index (χ4n) is 4.04. The third kappa shape index (κ3) is 6.09. The Hall–Kier alpha value is -1.31. The van der Waals surface area contributed by atoms with Gasteiger partial charge in [0.1, 0.15) is 0 Å². The fraction of sp³-hybridized carbons (Fsp3) is 0.762. The van der Waals surface area contributed by atoms with Crippen molar-refractivity contribution in [3.8, 4) is 0 Å². The molecule has 0 aromatic carbocycles. The summed E-state index contributed by atoms with van der Waals surface area (Å²) >= 11 is 1.84. The Morgan fingerprint density at radius 3 is 2.39 bits per heavy atom. The average Bonchev–Trinajstić information content (AvgIpc) is 3.27. The van der Waals surface area contributed by atoms with Crippen molar-refractivity contribution < 1.29 is 0 Å². The molecule has 158 valence electrons. The van der Waals surface area contributed by atoms with Crippen LogP contribution in [0.4, 0.5) is 5.00 Å². The zero-order valence-corrected chi connectivity index (χ0v) is 18.8. The Morgan fingerprint density at radius 1 is 1.07 bits per heavy atom. The molecule has 7 heteroatoms. The number of thiophene rings is 1. The van der Waals surface area contributed by atoms with Gasteiger partial charge in [0.05, 0.1) is 5.00 Å². The first-order valence-corrected chi connectivity index (χ1v) is 11.8. The zero-order chi connectivity index (χ0) is 19.8. The maximum absolute atomic E-state index is 5.00. The van der Waals surface area contributed by atoms with Gasteiger partial charge in [-0.05, 0) is 36.9 Å². The molecule has 1 aromatic heterocycles. The van der Waals surface area contributed by atoms with Crippen LogP contribution in [0.2, 0.25) is 0 Å². The summed E-state index contributed by atoms with van der Waals surface area (Å²) in [6.07, 6.45) is 0. The summed E-state index contributed by atoms with van der Waals surface area (Å²) < 4.78 is 0. The van der Waals surface area contributed by atoms with Crippen molar-refractivity contribution in [1.82, 2.24) is 20.0 Å². The predicted molar refractivity (Wildman–Crippen MR) is 122 cm³/mol. The molecule has 0 amide bonds. The molecule has 0 saturated carbocycles. The number of anilines is 1. The van der Waals surface area contributed by atoms with Crippen LogP contribution in [0.15, 0.2) is 22.5 Å². The van der Waals surface area contributed by atoms with Crippen molar-refractivity contribution >= 4 is 22.3 Å². The molecule has 1 aromatic rings. The second-order valence-corrected chi connectivity index (χ2v) is 8.89. The summed E-state index contributed by atoms with van der Waals surface area (Å²) in [5.74, 6) is 1.69. The number of piperazine rings is 2. The molecule has 0 aliphatic carbocycles. The Morgan fingerprint density at radius 2 is 1.79 bits per heavy atom. The number of guanidine groups is 1. The number of likely N-dealkylation sites (N-methyl/N-ethyl adjacent to an activating group) is 1. The summed E-state index contributed by atoms with van der Waals surface area (Å²) in [5.41, 5.74) is 0. The van der Waals surface area contributed by atoms with Crippen LogP contribution in [-0.4, -0.2) is 99.2 Å². The number of rotatable bonds is 7. The van der Waals surface area contributed by atoms with Crippen molar-refractivity contribution in [2.24, 2.45) is 10.9 Å². The average molecular weight is 407 g/mol. The van der Waals surface area contributed by atoms with Gasteiger partial charge in [-0.1, -0.05) is 13.8 Å². The minimum absolute atomic E-state index is 0.592. The van der Waals surface area contributed by atoms with Crippen LogP contribution < -0.4 is 10.2 Å². The van der Waals surface area contributed by atoms with Crippen molar-refractivity contribution in [1.29, 1.82) is 0 Å². The summed E-state index contributed by atoms with van der Waals surface area (Å²) in [6, 6.07) is 4.36. The second kappa shape index (κ2) is 11.0. The van der Waals surface area contributed by atoms with Crippen LogP contribution in [0, 0.1) is 5.92 Å². The number of nitrogens with one attached hydrogen (secondary N) is 1. The standard InChI is InChI=1S/C21H38N6S/c1-4-22-21(27-14-12-26(13-15-27)20-7-6-16-28-20)23-17-19(3)18-25-10-8-24(5-2)9-11-25/h6-7,16,19H,4-5,8-15,17-18H2,1-3H3,(H,22,23). The first-order chi connectivity index (χ1) is 13.7. The molecule has 3 rings (SSSR count). The summed E-state index contributed by atoms with van der Waals surface area (Å²) in [4.78, 5) is 15.1. The van der Waals surface area contributed by atoms with E-state index in [2.05, 4.69) is 63.2 Å². The molecule has 0 spiro atoms. The Balaban J connectivity index is 1.46.